The molecular formula is C27H39N3O6S. The van der Waals surface area contributed by atoms with Crippen molar-refractivity contribution in [3.8, 4) is 0 Å². The van der Waals surface area contributed by atoms with Gasteiger partial charge in [0.15, 0.2) is 0 Å². The van der Waals surface area contributed by atoms with Crippen molar-refractivity contribution in [1.29, 1.82) is 0 Å². The van der Waals surface area contributed by atoms with E-state index in [1.165, 1.54) is 16.7 Å². The van der Waals surface area contributed by atoms with Gasteiger partial charge in [-0.3, -0.25) is 14.5 Å². The van der Waals surface area contributed by atoms with Gasteiger partial charge in [-0.1, -0.05) is 30.3 Å². The molecule has 2 fully saturated rings. The maximum absolute atomic E-state index is 13.7. The highest BCUT2D eigenvalue weighted by Crippen LogP contribution is 2.37. The van der Waals surface area contributed by atoms with Crippen molar-refractivity contribution in [3.63, 3.8) is 0 Å². The molecule has 0 bridgehead atoms. The van der Waals surface area contributed by atoms with Crippen molar-refractivity contribution in [2.45, 2.75) is 76.0 Å². The van der Waals surface area contributed by atoms with E-state index in [4.69, 9.17) is 4.74 Å². The Kier molecular flexibility index (Phi) is 9.50. The van der Waals surface area contributed by atoms with E-state index < -0.39 is 35.2 Å². The molecule has 1 aromatic carbocycles. The summed E-state index contributed by atoms with van der Waals surface area (Å²) in [5, 5.41) is 12.4. The van der Waals surface area contributed by atoms with Crippen LogP contribution in [0, 0.1) is 0 Å². The highest BCUT2D eigenvalue weighted by molar-refractivity contribution is 7.98. The number of nitrogens with zero attached hydrogens (tertiary/aromatic N) is 2. The number of carboxylic acid groups (broad SMARTS) is 1. The fourth-order valence-electron chi connectivity index (χ4n) is 5.08. The number of carbonyl (C=O) groups excluding carboxylic acids is 3. The van der Waals surface area contributed by atoms with Crippen LogP contribution >= 0.6 is 11.8 Å². The second-order valence-corrected chi connectivity index (χ2v) is 11.7. The Bertz CT molecular complexity index is 972. The van der Waals surface area contributed by atoms with Crippen LogP contribution in [-0.4, -0.2) is 88.1 Å². The molecule has 0 spiro atoms. The Morgan fingerprint density at radius 2 is 1.78 bits per heavy atom. The number of ether oxygens (including phenoxy) is 1. The summed E-state index contributed by atoms with van der Waals surface area (Å²) in [6.07, 6.45) is 3.78. The Morgan fingerprint density at radius 1 is 1.14 bits per heavy atom. The highest BCUT2D eigenvalue weighted by atomic mass is 32.2. The zero-order valence-electron chi connectivity index (χ0n) is 22.2. The van der Waals surface area contributed by atoms with E-state index in [2.05, 4.69) is 5.32 Å². The minimum atomic E-state index is -1.05. The monoisotopic (exact) mass is 533 g/mol. The fraction of sp³-hybridized carbons (Fsp3) is 0.630. The van der Waals surface area contributed by atoms with Gasteiger partial charge >= 0.3 is 12.1 Å². The number of hydrogen-bond donors (Lipinski definition) is 2. The molecule has 0 aliphatic carbocycles. The summed E-state index contributed by atoms with van der Waals surface area (Å²) in [5.41, 5.74) is -0.777. The van der Waals surface area contributed by atoms with Crippen LogP contribution in [0.5, 0.6) is 0 Å². The summed E-state index contributed by atoms with van der Waals surface area (Å²) in [6.45, 7) is 6.54. The molecule has 204 valence electrons. The first-order chi connectivity index (χ1) is 17.5. The van der Waals surface area contributed by atoms with Crippen molar-refractivity contribution >= 4 is 35.6 Å². The molecule has 2 heterocycles. The van der Waals surface area contributed by atoms with E-state index >= 15 is 0 Å². The van der Waals surface area contributed by atoms with Gasteiger partial charge in [0.25, 0.3) is 0 Å². The summed E-state index contributed by atoms with van der Waals surface area (Å²) in [4.78, 5) is 54.9. The molecule has 2 N–H and O–H groups in total. The first kappa shape index (κ1) is 28.8. The molecule has 10 heteroatoms. The standard InChI is InChI=1S/C27H39N3O6S/c1-26(2,3)36-25(35)30-15-8-11-21(30)22(31)29-16-13-27(14-17-29,19-9-6-5-7-10-19)24(34)28-20(23(32)33)12-18-37-4/h5-7,9-10,20-21H,8,11-18H2,1-4H3,(H,28,34)(H,32,33)/t20-,21-/m0/s1. The normalized spacial score (nSPS) is 20.3. The minimum Gasteiger partial charge on any atom is -0.480 e. The average Bonchev–Trinajstić information content (AvgIpc) is 3.35. The van der Waals surface area contributed by atoms with Gasteiger partial charge in [0.2, 0.25) is 11.8 Å². The molecule has 0 radical (unpaired) electrons. The molecule has 3 amide bonds. The quantitative estimate of drug-likeness (QED) is 0.527. The highest BCUT2D eigenvalue weighted by Gasteiger charge is 2.46. The lowest BCUT2D eigenvalue weighted by Gasteiger charge is -2.42. The van der Waals surface area contributed by atoms with Crippen LogP contribution in [0.3, 0.4) is 0 Å². The second kappa shape index (κ2) is 12.2. The Balaban J connectivity index is 1.75. The summed E-state index contributed by atoms with van der Waals surface area (Å²) in [5.74, 6) is -0.890. The van der Waals surface area contributed by atoms with Crippen molar-refractivity contribution < 1.29 is 29.0 Å². The van der Waals surface area contributed by atoms with Gasteiger partial charge in [-0.05, 0) is 70.4 Å². The van der Waals surface area contributed by atoms with E-state index in [0.717, 1.165) is 12.0 Å². The molecule has 3 rings (SSSR count). The Labute approximate surface area is 223 Å². The van der Waals surface area contributed by atoms with E-state index in [1.54, 1.807) is 25.7 Å². The number of thioether (sulfide) groups is 1. The predicted molar refractivity (Wildman–Crippen MR) is 142 cm³/mol. The molecule has 37 heavy (non-hydrogen) atoms. The number of rotatable bonds is 8. The van der Waals surface area contributed by atoms with Crippen LogP contribution in [0.15, 0.2) is 30.3 Å². The minimum absolute atomic E-state index is 0.131. The molecule has 2 aliphatic heterocycles. The molecule has 2 aliphatic rings. The lowest BCUT2D eigenvalue weighted by atomic mass is 9.71. The molecule has 1 aromatic rings. The zero-order valence-corrected chi connectivity index (χ0v) is 23.0. The summed E-state index contributed by atoms with van der Waals surface area (Å²) >= 11 is 1.53. The molecule has 0 saturated carbocycles. The number of piperidine rings is 1. The third kappa shape index (κ3) is 6.97. The van der Waals surface area contributed by atoms with Crippen LogP contribution in [0.1, 0.15) is 58.4 Å². The maximum atomic E-state index is 13.7. The van der Waals surface area contributed by atoms with Gasteiger partial charge < -0.3 is 20.1 Å². The SMILES string of the molecule is CSCC[C@H](NC(=O)C1(c2ccccc2)CCN(C(=O)[C@@H]2CCCN2C(=O)OC(C)(C)C)CC1)C(=O)O. The van der Waals surface area contributed by atoms with Crippen LogP contribution in [0.2, 0.25) is 0 Å². The lowest BCUT2D eigenvalue weighted by Crippen LogP contribution is -2.57. The van der Waals surface area contributed by atoms with Gasteiger partial charge in [0, 0.05) is 19.6 Å². The number of benzene rings is 1. The van der Waals surface area contributed by atoms with Gasteiger partial charge in [-0.2, -0.15) is 11.8 Å². The largest absolute Gasteiger partial charge is 0.480 e. The molecule has 0 aromatic heterocycles. The van der Waals surface area contributed by atoms with Crippen LogP contribution in [0.25, 0.3) is 0 Å². The van der Waals surface area contributed by atoms with Crippen LogP contribution < -0.4 is 5.32 Å². The number of carboxylic acids is 1. The first-order valence-corrected chi connectivity index (χ1v) is 14.2. The maximum Gasteiger partial charge on any atom is 0.410 e. The van der Waals surface area contributed by atoms with Gasteiger partial charge in [0.05, 0.1) is 5.41 Å². The second-order valence-electron chi connectivity index (χ2n) is 10.8. The molecule has 2 saturated heterocycles. The Morgan fingerprint density at radius 3 is 2.35 bits per heavy atom. The van der Waals surface area contributed by atoms with E-state index in [-0.39, 0.29) is 11.8 Å². The van der Waals surface area contributed by atoms with E-state index in [9.17, 15) is 24.3 Å². The summed E-state index contributed by atoms with van der Waals surface area (Å²) in [6, 6.07) is 7.82. The van der Waals surface area contributed by atoms with Gasteiger partial charge in [-0.25, -0.2) is 9.59 Å². The number of carbonyl (C=O) groups is 4. The average molecular weight is 534 g/mol. The van der Waals surface area contributed by atoms with Gasteiger partial charge in [0.1, 0.15) is 17.7 Å². The molecule has 2 atom stereocenters. The topological polar surface area (TPSA) is 116 Å². The third-order valence-corrected chi connectivity index (χ3v) is 7.71. The Hall–Kier alpha value is -2.75. The van der Waals surface area contributed by atoms with Crippen molar-refractivity contribution in [2.75, 3.05) is 31.6 Å². The summed E-state index contributed by atoms with van der Waals surface area (Å²) < 4.78 is 5.51. The number of hydrogen-bond acceptors (Lipinski definition) is 6. The number of nitrogens with one attached hydrogen (secondary N) is 1. The molecule has 0 unspecified atom stereocenters. The fourth-order valence-corrected chi connectivity index (χ4v) is 5.55. The third-order valence-electron chi connectivity index (χ3n) is 7.07. The zero-order chi connectivity index (χ0) is 27.2. The number of amides is 3. The van der Waals surface area contributed by atoms with Crippen molar-refractivity contribution in [1.82, 2.24) is 15.1 Å². The van der Waals surface area contributed by atoms with Crippen molar-refractivity contribution in [2.24, 2.45) is 0 Å². The smallest absolute Gasteiger partial charge is 0.410 e. The van der Waals surface area contributed by atoms with Crippen molar-refractivity contribution in [3.05, 3.63) is 35.9 Å². The summed E-state index contributed by atoms with van der Waals surface area (Å²) in [7, 11) is 0. The number of aliphatic carboxylic acids is 1. The molecular weight excluding hydrogens is 494 g/mol. The predicted octanol–water partition coefficient (Wildman–Crippen LogP) is 3.27. The lowest BCUT2D eigenvalue weighted by molar-refractivity contribution is -0.144. The first-order valence-electron chi connectivity index (χ1n) is 12.8. The number of likely N-dealkylation sites (tertiary alicyclic amines) is 2. The van der Waals surface area contributed by atoms with E-state index in [0.29, 0.717) is 51.1 Å². The molecule has 9 nitrogen and oxygen atoms in total. The van der Waals surface area contributed by atoms with E-state index in [1.807, 2.05) is 36.6 Å². The van der Waals surface area contributed by atoms with Crippen LogP contribution in [-0.2, 0) is 24.5 Å². The van der Waals surface area contributed by atoms with Gasteiger partial charge in [-0.15, -0.1) is 0 Å². The van der Waals surface area contributed by atoms with Crippen LogP contribution in [0.4, 0.5) is 4.79 Å².